The van der Waals surface area contributed by atoms with Crippen LogP contribution in [0.25, 0.3) is 10.9 Å². The maximum Gasteiger partial charge on any atom is 0.374 e. The van der Waals surface area contributed by atoms with Crippen LogP contribution in [0.1, 0.15) is 49.1 Å². The highest BCUT2D eigenvalue weighted by Gasteiger charge is 2.52. The number of rotatable bonds is 9. The first kappa shape index (κ1) is 53.7. The van der Waals surface area contributed by atoms with Gasteiger partial charge in [0.1, 0.15) is 58.4 Å². The molecule has 0 unspecified atom stereocenters. The number of aromatic nitrogens is 1. The molecule has 1 saturated carbocycles. The highest BCUT2D eigenvalue weighted by Crippen LogP contribution is 2.35. The minimum Gasteiger partial charge on any atom is -0.405 e. The van der Waals surface area contributed by atoms with Crippen LogP contribution in [0.3, 0.4) is 0 Å². The average Bonchev–Trinajstić information content (AvgIpc) is 3.42. The number of ether oxygens (including phenoxy) is 1. The normalized spacial score (nSPS) is 13.1. The number of nitrogens with zero attached hydrogens (tertiary/aromatic N) is 1. The van der Waals surface area contributed by atoms with Crippen molar-refractivity contribution in [1.29, 1.82) is 0 Å². The molecule has 7 aromatic carbocycles. The standard InChI is InChI=1S/C28H28NO.C24BF20/c1-3-9-22(10-4-1)21-29-27-14-8-7-13-25(27)17-20-28(29)30-26-18-15-24(16-19-26)23-11-5-2-6-12-23;26-5-1(6(27)14(35)21(42)13(5)34)25(2-7(28)15(36)22(43)16(37)8(2)29,3-9(30)17(38)23(44)18(39)10(3)31)4-11(32)19(40)24(45)20(41)12(4)33/h1,3-4,7-10,13-20,23H,2,5-6,11-12,21H2;/q+1;-1. The first-order valence-electron chi connectivity index (χ1n) is 22.0. The SMILES string of the molecule is Fc1c(F)c(F)c([B-](c2c(F)c(F)c(F)c(F)c2F)(c2c(F)c(F)c(F)c(F)c2F)c2c(F)c(F)c(F)c(F)c2F)c(F)c1F.c1ccc(C[n+]2c(Oc3ccc(C4CCCCC4)cc3)ccc3ccccc32)cc1. The molecule has 0 bridgehead atoms. The zero-order valence-corrected chi connectivity index (χ0v) is 37.5. The molecule has 1 heterocycles. The third-order valence-corrected chi connectivity index (χ3v) is 13.0. The maximum absolute atomic E-state index is 15.4. The zero-order valence-electron chi connectivity index (χ0n) is 37.5. The summed E-state index contributed by atoms with van der Waals surface area (Å²) in [6.45, 7) is 0.775. The van der Waals surface area contributed by atoms with Gasteiger partial charge in [-0.15, -0.1) is 21.9 Å². The Labute approximate surface area is 410 Å². The largest absolute Gasteiger partial charge is 0.405 e. The summed E-state index contributed by atoms with van der Waals surface area (Å²) >= 11 is 0. The van der Waals surface area contributed by atoms with E-state index in [1.54, 1.807) is 0 Å². The van der Waals surface area contributed by atoms with Crippen molar-refractivity contribution < 1.29 is 97.1 Å². The lowest BCUT2D eigenvalue weighted by atomic mass is 9.12. The van der Waals surface area contributed by atoms with Crippen molar-refractivity contribution >= 4 is 38.9 Å². The lowest BCUT2D eigenvalue weighted by molar-refractivity contribution is -0.666. The van der Waals surface area contributed by atoms with Crippen LogP contribution in [0, 0.1) is 116 Å². The Kier molecular flexibility index (Phi) is 15.0. The second-order valence-electron chi connectivity index (χ2n) is 17.1. The second-order valence-corrected chi connectivity index (χ2v) is 17.1. The predicted molar refractivity (Wildman–Crippen MR) is 231 cm³/mol. The fourth-order valence-electron chi connectivity index (χ4n) is 9.50. The summed E-state index contributed by atoms with van der Waals surface area (Å²) in [5.74, 6) is -68.9. The van der Waals surface area contributed by atoms with E-state index in [1.807, 2.05) is 0 Å². The van der Waals surface area contributed by atoms with Crippen LogP contribution in [0.2, 0.25) is 0 Å². The first-order chi connectivity index (χ1) is 35.6. The van der Waals surface area contributed by atoms with Crippen LogP contribution >= 0.6 is 0 Å². The summed E-state index contributed by atoms with van der Waals surface area (Å²) < 4.78 is 303. The molecule has 0 aliphatic heterocycles. The van der Waals surface area contributed by atoms with Crippen molar-refractivity contribution in [3.8, 4) is 11.6 Å². The Morgan fingerprint density at radius 1 is 0.360 bits per heavy atom. The van der Waals surface area contributed by atoms with Crippen LogP contribution in [0.5, 0.6) is 11.6 Å². The molecular formula is C52H28BF20NO. The fraction of sp³-hybridized carbons (Fsp3) is 0.135. The summed E-state index contributed by atoms with van der Waals surface area (Å²) in [4.78, 5) is 0. The Balaban J connectivity index is 0.000000215. The van der Waals surface area contributed by atoms with E-state index in [0.717, 1.165) is 24.1 Å². The topological polar surface area (TPSA) is 13.1 Å². The average molecular weight is 1070 g/mol. The fourth-order valence-corrected chi connectivity index (χ4v) is 9.50. The van der Waals surface area contributed by atoms with Gasteiger partial charge in [-0.25, -0.2) is 87.8 Å². The van der Waals surface area contributed by atoms with Crippen molar-refractivity contribution in [2.45, 2.75) is 44.6 Å². The molecule has 0 spiro atoms. The number of hydrogen-bond donors (Lipinski definition) is 0. The molecular weight excluding hydrogens is 1050 g/mol. The van der Waals surface area contributed by atoms with E-state index >= 15 is 35.1 Å². The zero-order chi connectivity index (χ0) is 54.5. The molecule has 0 atom stereocenters. The number of pyridine rings is 1. The molecule has 1 aliphatic rings. The summed E-state index contributed by atoms with van der Waals surface area (Å²) in [5.41, 5.74) is -10.4. The predicted octanol–water partition coefficient (Wildman–Crippen LogP) is 12.9. The van der Waals surface area contributed by atoms with Crippen LogP contribution in [0.15, 0.2) is 91.0 Å². The molecule has 9 rings (SSSR count). The molecule has 1 fully saturated rings. The molecule has 1 aromatic heterocycles. The Bertz CT molecular complexity index is 3150. The molecule has 0 radical (unpaired) electrons. The highest BCUT2D eigenvalue weighted by atomic mass is 19.2. The smallest absolute Gasteiger partial charge is 0.374 e. The van der Waals surface area contributed by atoms with Gasteiger partial charge in [0.25, 0.3) is 0 Å². The molecule has 2 nitrogen and oxygen atoms in total. The van der Waals surface area contributed by atoms with Gasteiger partial charge in [-0.1, -0.05) is 73.9 Å². The van der Waals surface area contributed by atoms with Gasteiger partial charge in [0, 0.05) is 17.0 Å². The summed E-state index contributed by atoms with van der Waals surface area (Å²) in [6, 6.07) is 32.1. The van der Waals surface area contributed by atoms with Gasteiger partial charge >= 0.3 is 5.88 Å². The van der Waals surface area contributed by atoms with E-state index in [0.29, 0.717) is 0 Å². The summed E-state index contributed by atoms with van der Waals surface area (Å²) in [7, 11) is 0. The monoisotopic (exact) mass is 1070 g/mol. The van der Waals surface area contributed by atoms with Crippen molar-refractivity contribution in [3.63, 3.8) is 0 Å². The number of fused-ring (bicyclic) bond motifs is 1. The van der Waals surface area contributed by atoms with Gasteiger partial charge in [-0.2, -0.15) is 4.57 Å². The highest BCUT2D eigenvalue weighted by molar-refractivity contribution is 7.20. The van der Waals surface area contributed by atoms with Gasteiger partial charge < -0.3 is 4.74 Å². The van der Waals surface area contributed by atoms with Gasteiger partial charge in [-0.3, -0.25) is 0 Å². The quantitative estimate of drug-likeness (QED) is 0.0462. The molecule has 0 amide bonds. The van der Waals surface area contributed by atoms with E-state index in [9.17, 15) is 52.7 Å². The summed E-state index contributed by atoms with van der Waals surface area (Å²) in [6.07, 6.45) is -0.463. The van der Waals surface area contributed by atoms with E-state index in [1.165, 1.54) is 54.1 Å². The second kappa shape index (κ2) is 21.0. The van der Waals surface area contributed by atoms with Crippen LogP contribution in [0.4, 0.5) is 87.8 Å². The van der Waals surface area contributed by atoms with Gasteiger partial charge in [-0.05, 0) is 48.6 Å². The number of para-hydroxylation sites is 1. The number of halogens is 20. The minimum absolute atomic E-state index is 0.719. The van der Waals surface area contributed by atoms with Crippen molar-refractivity contribution in [2.24, 2.45) is 0 Å². The van der Waals surface area contributed by atoms with Crippen LogP contribution in [-0.2, 0) is 6.54 Å². The molecule has 1 aliphatic carbocycles. The van der Waals surface area contributed by atoms with Crippen molar-refractivity contribution in [1.82, 2.24) is 0 Å². The third-order valence-electron chi connectivity index (χ3n) is 13.0. The van der Waals surface area contributed by atoms with Crippen LogP contribution < -0.4 is 31.2 Å². The van der Waals surface area contributed by atoms with Gasteiger partial charge in [0.05, 0.1) is 6.07 Å². The van der Waals surface area contributed by atoms with E-state index < -0.39 is 144 Å². The Hall–Kier alpha value is -7.59. The maximum atomic E-state index is 15.4. The molecule has 0 saturated heterocycles. The molecule has 0 N–H and O–H groups in total. The van der Waals surface area contributed by atoms with E-state index in [2.05, 4.69) is 95.6 Å². The lowest BCUT2D eigenvalue weighted by Crippen LogP contribution is -2.81. The first-order valence-corrected chi connectivity index (χ1v) is 22.0. The molecule has 8 aromatic rings. The lowest BCUT2D eigenvalue weighted by Gasteiger charge is -2.44. The van der Waals surface area contributed by atoms with Crippen molar-refractivity contribution in [2.75, 3.05) is 0 Å². The molecule has 75 heavy (non-hydrogen) atoms. The van der Waals surface area contributed by atoms with Gasteiger partial charge in [0.2, 0.25) is 5.52 Å². The van der Waals surface area contributed by atoms with E-state index in [4.69, 9.17) is 4.74 Å². The number of hydrogen-bond acceptors (Lipinski definition) is 1. The Morgan fingerprint density at radius 3 is 1.09 bits per heavy atom. The number of benzene rings is 7. The van der Waals surface area contributed by atoms with E-state index in [-0.39, 0.29) is 0 Å². The molecule has 23 heteroatoms. The molecule has 390 valence electrons. The third kappa shape index (κ3) is 9.06. The van der Waals surface area contributed by atoms with Crippen molar-refractivity contribution in [3.05, 3.63) is 218 Å². The van der Waals surface area contributed by atoms with Gasteiger partial charge in [0.15, 0.2) is 76.4 Å². The summed E-state index contributed by atoms with van der Waals surface area (Å²) in [5, 5.41) is 1.22. The minimum atomic E-state index is -7.22. The Morgan fingerprint density at radius 2 is 0.707 bits per heavy atom. The van der Waals surface area contributed by atoms with Crippen LogP contribution in [-0.4, -0.2) is 6.15 Å².